The van der Waals surface area contributed by atoms with Crippen LogP contribution in [-0.2, 0) is 9.59 Å². The lowest BCUT2D eigenvalue weighted by molar-refractivity contribution is -0.927. The summed E-state index contributed by atoms with van der Waals surface area (Å²) >= 11 is 0. The van der Waals surface area contributed by atoms with Crippen LogP contribution in [0.25, 0.3) is 0 Å². The summed E-state index contributed by atoms with van der Waals surface area (Å²) in [5.41, 5.74) is 0. The van der Waals surface area contributed by atoms with Crippen LogP contribution in [-0.4, -0.2) is 64.5 Å². The van der Waals surface area contributed by atoms with Gasteiger partial charge in [0.05, 0.1) is 39.1 Å². The maximum atomic E-state index is 10.8. The third kappa shape index (κ3) is 10.3. The van der Waals surface area contributed by atoms with Gasteiger partial charge < -0.3 is 19.8 Å². The minimum absolute atomic E-state index is 0.00179. The van der Waals surface area contributed by atoms with E-state index < -0.39 is 11.9 Å². The van der Waals surface area contributed by atoms with Gasteiger partial charge in [-0.2, -0.15) is 0 Å². The van der Waals surface area contributed by atoms with Gasteiger partial charge in [-0.25, -0.2) is 0 Å². The maximum absolute atomic E-state index is 10.8. The van der Waals surface area contributed by atoms with Crippen molar-refractivity contribution in [3.8, 4) is 0 Å². The summed E-state index contributed by atoms with van der Waals surface area (Å²) in [4.78, 5) is 21.7. The van der Waals surface area contributed by atoms with Crippen LogP contribution in [0.15, 0.2) is 12.2 Å². The van der Waals surface area contributed by atoms with Crippen LogP contribution in [0, 0.1) is 0 Å². The first-order valence-electron chi connectivity index (χ1n) is 7.96. The van der Waals surface area contributed by atoms with Crippen molar-refractivity contribution >= 4 is 11.9 Å². The predicted molar refractivity (Wildman–Crippen MR) is 84.6 cm³/mol. The summed E-state index contributed by atoms with van der Waals surface area (Å²) < 4.78 is 0.374. The smallest absolute Gasteiger partial charge is 0.309 e. The Hall–Kier alpha value is -1.40. The Kier molecular flexibility index (Phi) is 11.4. The standard InChI is InChI=1S/C16H29NO5/c1-2-3-4-5-6-7-10-17(13-14-18,11-8-15(19)20)12-9-16(21)22/h2-3,18H,4-14H2,1H3,(H-,19,20,21,22)/p+1/b3-2+. The molecule has 6 nitrogen and oxygen atoms in total. The molecule has 128 valence electrons. The van der Waals surface area contributed by atoms with Gasteiger partial charge >= 0.3 is 11.9 Å². The van der Waals surface area contributed by atoms with E-state index >= 15 is 0 Å². The van der Waals surface area contributed by atoms with E-state index in [1.165, 1.54) is 0 Å². The normalized spacial score (nSPS) is 11.9. The Balaban J connectivity index is 4.54. The van der Waals surface area contributed by atoms with E-state index in [0.29, 0.717) is 24.1 Å². The second-order valence-electron chi connectivity index (χ2n) is 5.67. The van der Waals surface area contributed by atoms with Crippen molar-refractivity contribution in [1.29, 1.82) is 0 Å². The van der Waals surface area contributed by atoms with Crippen molar-refractivity contribution in [2.45, 2.75) is 45.4 Å². The van der Waals surface area contributed by atoms with Crippen molar-refractivity contribution in [2.75, 3.05) is 32.8 Å². The minimum Gasteiger partial charge on any atom is -0.481 e. The number of nitrogens with zero attached hydrogens (tertiary/aromatic N) is 1. The van der Waals surface area contributed by atoms with Gasteiger partial charge in [-0.3, -0.25) is 9.59 Å². The molecule has 0 bridgehead atoms. The van der Waals surface area contributed by atoms with Gasteiger partial charge in [-0.1, -0.05) is 12.2 Å². The monoisotopic (exact) mass is 316 g/mol. The van der Waals surface area contributed by atoms with Crippen LogP contribution in [0.2, 0.25) is 0 Å². The van der Waals surface area contributed by atoms with Crippen LogP contribution in [0.3, 0.4) is 0 Å². The highest BCUT2D eigenvalue weighted by molar-refractivity contribution is 5.67. The fraction of sp³-hybridized carbons (Fsp3) is 0.750. The largest absolute Gasteiger partial charge is 0.481 e. The Morgan fingerprint density at radius 2 is 1.50 bits per heavy atom. The van der Waals surface area contributed by atoms with Gasteiger partial charge in [-0.15, -0.1) is 0 Å². The highest BCUT2D eigenvalue weighted by Crippen LogP contribution is 2.14. The zero-order valence-corrected chi connectivity index (χ0v) is 13.5. The first kappa shape index (κ1) is 20.6. The molecule has 22 heavy (non-hydrogen) atoms. The number of hydrogen-bond donors (Lipinski definition) is 3. The van der Waals surface area contributed by atoms with Crippen LogP contribution >= 0.6 is 0 Å². The zero-order chi connectivity index (χ0) is 16.8. The molecule has 0 unspecified atom stereocenters. The van der Waals surface area contributed by atoms with E-state index in [1.54, 1.807) is 0 Å². The lowest BCUT2D eigenvalue weighted by atomic mass is 10.1. The lowest BCUT2D eigenvalue weighted by Crippen LogP contribution is -2.52. The molecule has 0 aliphatic rings. The predicted octanol–water partition coefficient (Wildman–Crippen LogP) is 1.88. The number of carboxylic acids is 2. The summed E-state index contributed by atoms with van der Waals surface area (Å²) in [5, 5.41) is 27.1. The van der Waals surface area contributed by atoms with E-state index in [0.717, 1.165) is 32.2 Å². The molecule has 0 spiro atoms. The number of unbranched alkanes of at least 4 members (excludes halogenated alkanes) is 3. The average molecular weight is 316 g/mol. The topological polar surface area (TPSA) is 94.8 Å². The van der Waals surface area contributed by atoms with Crippen LogP contribution in [0.1, 0.15) is 45.4 Å². The molecule has 0 saturated heterocycles. The Labute approximate surface area is 132 Å². The van der Waals surface area contributed by atoms with Crippen LogP contribution in [0.5, 0.6) is 0 Å². The Morgan fingerprint density at radius 3 is 1.95 bits per heavy atom. The fourth-order valence-corrected chi connectivity index (χ4v) is 2.60. The second-order valence-corrected chi connectivity index (χ2v) is 5.67. The zero-order valence-electron chi connectivity index (χ0n) is 13.5. The molecule has 0 atom stereocenters. The van der Waals surface area contributed by atoms with Gasteiger partial charge in [0.25, 0.3) is 0 Å². The number of aliphatic carboxylic acids is 2. The van der Waals surface area contributed by atoms with E-state index in [9.17, 15) is 14.7 Å². The summed E-state index contributed by atoms with van der Waals surface area (Å²) in [6, 6.07) is 0. The van der Waals surface area contributed by atoms with Gasteiger partial charge in [0.2, 0.25) is 0 Å². The molecule has 0 aliphatic heterocycles. The Bertz CT molecular complexity index is 336. The first-order chi connectivity index (χ1) is 10.5. The van der Waals surface area contributed by atoms with Gasteiger partial charge in [0.1, 0.15) is 6.54 Å². The number of carbonyl (C=O) groups is 2. The summed E-state index contributed by atoms with van der Waals surface area (Å²) in [5.74, 6) is -1.77. The summed E-state index contributed by atoms with van der Waals surface area (Å²) in [7, 11) is 0. The van der Waals surface area contributed by atoms with Crippen molar-refractivity contribution in [3.05, 3.63) is 12.2 Å². The molecule has 0 amide bonds. The van der Waals surface area contributed by atoms with E-state index in [2.05, 4.69) is 6.08 Å². The highest BCUT2D eigenvalue weighted by Gasteiger charge is 2.28. The second kappa shape index (κ2) is 12.2. The third-order valence-corrected chi connectivity index (χ3v) is 3.91. The molecule has 0 fully saturated rings. The molecule has 0 radical (unpaired) electrons. The van der Waals surface area contributed by atoms with Gasteiger partial charge in [0, 0.05) is 0 Å². The first-order valence-corrected chi connectivity index (χ1v) is 7.96. The number of carboxylic acid groups (broad SMARTS) is 2. The fourth-order valence-electron chi connectivity index (χ4n) is 2.60. The van der Waals surface area contributed by atoms with E-state index in [4.69, 9.17) is 10.2 Å². The molecule has 6 heteroatoms. The molecule has 0 saturated carbocycles. The van der Waals surface area contributed by atoms with Crippen LogP contribution in [0.4, 0.5) is 0 Å². The van der Waals surface area contributed by atoms with Gasteiger partial charge in [0.15, 0.2) is 0 Å². The van der Waals surface area contributed by atoms with Crippen LogP contribution < -0.4 is 0 Å². The molecule has 0 aromatic heterocycles. The summed E-state index contributed by atoms with van der Waals surface area (Å²) in [6.45, 7) is 3.81. The number of allylic oxidation sites excluding steroid dienone is 2. The molecular weight excluding hydrogens is 286 g/mol. The minimum atomic E-state index is -0.885. The van der Waals surface area contributed by atoms with Crippen molar-refractivity contribution < 1.29 is 29.4 Å². The van der Waals surface area contributed by atoms with Crippen molar-refractivity contribution in [1.82, 2.24) is 0 Å². The molecule has 0 aromatic rings. The summed E-state index contributed by atoms with van der Waals surface area (Å²) in [6.07, 6.45) is 8.17. The average Bonchev–Trinajstić information content (AvgIpc) is 2.46. The molecule has 0 aromatic carbocycles. The number of quaternary nitrogens is 1. The van der Waals surface area contributed by atoms with Crippen molar-refractivity contribution in [3.63, 3.8) is 0 Å². The lowest BCUT2D eigenvalue weighted by Gasteiger charge is -2.38. The molecule has 0 aliphatic carbocycles. The maximum Gasteiger partial charge on any atom is 0.309 e. The number of hydrogen-bond acceptors (Lipinski definition) is 3. The molecular formula is C16H30NO5+. The van der Waals surface area contributed by atoms with Crippen molar-refractivity contribution in [2.24, 2.45) is 0 Å². The highest BCUT2D eigenvalue weighted by atomic mass is 16.4. The van der Waals surface area contributed by atoms with Gasteiger partial charge in [-0.05, 0) is 32.6 Å². The van der Waals surface area contributed by atoms with E-state index in [-0.39, 0.29) is 19.4 Å². The number of aliphatic hydroxyl groups excluding tert-OH is 1. The van der Waals surface area contributed by atoms with E-state index in [1.807, 2.05) is 13.0 Å². The molecule has 3 N–H and O–H groups in total. The number of aliphatic hydroxyl groups is 1. The number of rotatable bonds is 14. The molecule has 0 rings (SSSR count). The molecule has 0 heterocycles. The quantitative estimate of drug-likeness (QED) is 0.258. The Morgan fingerprint density at radius 1 is 0.909 bits per heavy atom. The SMILES string of the molecule is C/C=C/CCCCC[N+](CCO)(CCC(=O)O)CCC(=O)O. The third-order valence-electron chi connectivity index (χ3n) is 3.91.